The van der Waals surface area contributed by atoms with E-state index in [-0.39, 0.29) is 24.1 Å². The molecule has 2 aromatic carbocycles. The van der Waals surface area contributed by atoms with E-state index in [1.807, 2.05) is 13.8 Å². The molecular formula is C23H29ClFN3O4S. The Kier molecular flexibility index (Phi) is 9.25. The Hall–Kier alpha value is -2.65. The lowest BCUT2D eigenvalue weighted by atomic mass is 10.1. The number of nitrogens with zero attached hydrogens (tertiary/aromatic N) is 2. The summed E-state index contributed by atoms with van der Waals surface area (Å²) in [4.78, 5) is 27.4. The normalized spacial score (nSPS) is 12.3. The lowest BCUT2D eigenvalue weighted by molar-refractivity contribution is -0.139. The fourth-order valence-corrected chi connectivity index (χ4v) is 4.03. The molecule has 2 aromatic rings. The number of rotatable bonds is 10. The first-order valence-corrected chi connectivity index (χ1v) is 12.7. The average Bonchev–Trinajstić information content (AvgIpc) is 2.73. The lowest BCUT2D eigenvalue weighted by Crippen LogP contribution is -2.51. The highest BCUT2D eigenvalue weighted by Gasteiger charge is 2.30. The molecule has 0 aliphatic heterocycles. The van der Waals surface area contributed by atoms with Crippen LogP contribution in [0.25, 0.3) is 0 Å². The van der Waals surface area contributed by atoms with Crippen LogP contribution in [0.3, 0.4) is 0 Å². The highest BCUT2D eigenvalue weighted by Crippen LogP contribution is 2.20. The van der Waals surface area contributed by atoms with Gasteiger partial charge in [0.15, 0.2) is 0 Å². The molecule has 33 heavy (non-hydrogen) atoms. The zero-order valence-electron chi connectivity index (χ0n) is 19.1. The molecule has 1 N–H and O–H groups in total. The minimum Gasteiger partial charge on any atom is -0.354 e. The van der Waals surface area contributed by atoms with E-state index in [0.717, 1.165) is 16.6 Å². The van der Waals surface area contributed by atoms with Crippen molar-refractivity contribution >= 4 is 39.1 Å². The maximum absolute atomic E-state index is 13.7. The van der Waals surface area contributed by atoms with E-state index in [2.05, 4.69) is 5.32 Å². The Morgan fingerprint density at radius 2 is 1.73 bits per heavy atom. The standard InChI is InChI=1S/C23H29ClFN3O4S/c1-16(2)13-26-23(30)17(3)27(14-18-8-10-19(24)11-9-18)22(29)15-28(33(4,31)32)21-7-5-6-20(25)12-21/h5-12,16-17H,13-15H2,1-4H3,(H,26,30). The molecule has 0 heterocycles. The largest absolute Gasteiger partial charge is 0.354 e. The monoisotopic (exact) mass is 497 g/mol. The maximum Gasteiger partial charge on any atom is 0.244 e. The number of anilines is 1. The number of carbonyl (C=O) groups is 2. The van der Waals surface area contributed by atoms with Crippen molar-refractivity contribution in [2.24, 2.45) is 5.92 Å². The van der Waals surface area contributed by atoms with Crippen molar-refractivity contribution in [2.75, 3.05) is 23.7 Å². The molecule has 10 heteroatoms. The van der Waals surface area contributed by atoms with Crippen LogP contribution in [-0.2, 0) is 26.2 Å². The van der Waals surface area contributed by atoms with Gasteiger partial charge in [0.1, 0.15) is 18.4 Å². The molecule has 2 rings (SSSR count). The smallest absolute Gasteiger partial charge is 0.244 e. The molecule has 0 fully saturated rings. The molecule has 0 spiro atoms. The fraction of sp³-hybridized carbons (Fsp3) is 0.391. The van der Waals surface area contributed by atoms with Crippen LogP contribution in [0.15, 0.2) is 48.5 Å². The Bertz CT molecular complexity index is 1080. The first-order valence-electron chi connectivity index (χ1n) is 10.4. The molecule has 0 saturated heterocycles. The van der Waals surface area contributed by atoms with Crippen LogP contribution in [0.1, 0.15) is 26.3 Å². The molecule has 1 unspecified atom stereocenters. The van der Waals surface area contributed by atoms with Gasteiger partial charge in [-0.2, -0.15) is 0 Å². The highest BCUT2D eigenvalue weighted by atomic mass is 35.5. The molecule has 0 aliphatic carbocycles. The first kappa shape index (κ1) is 26.6. The number of benzene rings is 2. The van der Waals surface area contributed by atoms with Gasteiger partial charge in [-0.15, -0.1) is 0 Å². The summed E-state index contributed by atoms with van der Waals surface area (Å²) < 4.78 is 39.4. The van der Waals surface area contributed by atoms with Crippen LogP contribution in [0, 0.1) is 11.7 Å². The number of nitrogens with one attached hydrogen (secondary N) is 1. The summed E-state index contributed by atoms with van der Waals surface area (Å²) in [7, 11) is -3.91. The van der Waals surface area contributed by atoms with Gasteiger partial charge in [-0.3, -0.25) is 13.9 Å². The predicted molar refractivity (Wildman–Crippen MR) is 128 cm³/mol. The van der Waals surface area contributed by atoms with Gasteiger partial charge in [-0.05, 0) is 48.7 Å². The van der Waals surface area contributed by atoms with E-state index in [4.69, 9.17) is 11.6 Å². The second-order valence-electron chi connectivity index (χ2n) is 8.21. The third-order valence-electron chi connectivity index (χ3n) is 4.89. The highest BCUT2D eigenvalue weighted by molar-refractivity contribution is 7.92. The van der Waals surface area contributed by atoms with Crippen molar-refractivity contribution in [3.8, 4) is 0 Å². The quantitative estimate of drug-likeness (QED) is 0.544. The minimum absolute atomic E-state index is 0.0224. The molecule has 0 bridgehead atoms. The molecular weight excluding hydrogens is 469 g/mol. The number of sulfonamides is 1. The Labute approximate surface area is 199 Å². The Morgan fingerprint density at radius 1 is 1.09 bits per heavy atom. The third-order valence-corrected chi connectivity index (χ3v) is 6.29. The fourth-order valence-electron chi connectivity index (χ4n) is 3.07. The van der Waals surface area contributed by atoms with Gasteiger partial charge in [0.2, 0.25) is 21.8 Å². The van der Waals surface area contributed by atoms with E-state index in [9.17, 15) is 22.4 Å². The van der Waals surface area contributed by atoms with Crippen molar-refractivity contribution in [1.82, 2.24) is 10.2 Å². The summed E-state index contributed by atoms with van der Waals surface area (Å²) in [6, 6.07) is 10.9. The lowest BCUT2D eigenvalue weighted by Gasteiger charge is -2.31. The Morgan fingerprint density at radius 3 is 2.27 bits per heavy atom. The van der Waals surface area contributed by atoms with Gasteiger partial charge in [0, 0.05) is 18.1 Å². The number of amides is 2. The maximum atomic E-state index is 13.7. The third kappa shape index (κ3) is 8.01. The van der Waals surface area contributed by atoms with Gasteiger partial charge in [-0.1, -0.05) is 43.6 Å². The molecule has 0 aliphatic rings. The molecule has 0 radical (unpaired) electrons. The van der Waals surface area contributed by atoms with Gasteiger partial charge in [0.05, 0.1) is 11.9 Å². The summed E-state index contributed by atoms with van der Waals surface area (Å²) in [5.41, 5.74) is 0.738. The molecule has 0 aromatic heterocycles. The van der Waals surface area contributed by atoms with Crippen molar-refractivity contribution < 1.29 is 22.4 Å². The summed E-state index contributed by atoms with van der Waals surface area (Å²) >= 11 is 5.95. The van der Waals surface area contributed by atoms with Crippen molar-refractivity contribution in [3.05, 3.63) is 64.9 Å². The van der Waals surface area contributed by atoms with E-state index < -0.39 is 34.3 Å². The average molecular weight is 498 g/mol. The molecule has 2 amide bonds. The summed E-state index contributed by atoms with van der Waals surface area (Å²) in [5, 5.41) is 3.32. The van der Waals surface area contributed by atoms with Gasteiger partial charge in [-0.25, -0.2) is 12.8 Å². The Balaban J connectivity index is 2.35. The number of carbonyl (C=O) groups excluding carboxylic acids is 2. The molecule has 1 atom stereocenters. The van der Waals surface area contributed by atoms with Gasteiger partial charge >= 0.3 is 0 Å². The van der Waals surface area contributed by atoms with Crippen LogP contribution in [-0.4, -0.2) is 50.5 Å². The van der Waals surface area contributed by atoms with Crippen LogP contribution in [0.2, 0.25) is 5.02 Å². The summed E-state index contributed by atoms with van der Waals surface area (Å²) in [6.07, 6.45) is 0.938. The minimum atomic E-state index is -3.91. The zero-order chi connectivity index (χ0) is 24.8. The van der Waals surface area contributed by atoms with E-state index >= 15 is 0 Å². The topological polar surface area (TPSA) is 86.8 Å². The SMILES string of the molecule is CC(C)CNC(=O)C(C)N(Cc1ccc(Cl)cc1)C(=O)CN(c1cccc(F)c1)S(C)(=O)=O. The predicted octanol–water partition coefficient (Wildman–Crippen LogP) is 3.43. The number of hydrogen-bond acceptors (Lipinski definition) is 4. The number of halogens is 2. The second-order valence-corrected chi connectivity index (χ2v) is 10.6. The molecule has 180 valence electrons. The van der Waals surface area contributed by atoms with E-state index in [0.29, 0.717) is 17.1 Å². The van der Waals surface area contributed by atoms with Crippen molar-refractivity contribution in [3.63, 3.8) is 0 Å². The van der Waals surface area contributed by atoms with Crippen LogP contribution >= 0.6 is 11.6 Å². The van der Waals surface area contributed by atoms with Crippen LogP contribution < -0.4 is 9.62 Å². The van der Waals surface area contributed by atoms with Crippen LogP contribution in [0.4, 0.5) is 10.1 Å². The summed E-state index contributed by atoms with van der Waals surface area (Å²) in [6.45, 7) is 5.39. The molecule has 7 nitrogen and oxygen atoms in total. The van der Waals surface area contributed by atoms with E-state index in [1.165, 1.54) is 23.1 Å². The van der Waals surface area contributed by atoms with Gasteiger partial charge < -0.3 is 10.2 Å². The van der Waals surface area contributed by atoms with E-state index in [1.54, 1.807) is 31.2 Å². The summed E-state index contributed by atoms with van der Waals surface area (Å²) in [5.74, 6) is -1.38. The van der Waals surface area contributed by atoms with Crippen LogP contribution in [0.5, 0.6) is 0 Å². The first-order chi connectivity index (χ1) is 15.4. The zero-order valence-corrected chi connectivity index (χ0v) is 20.7. The van der Waals surface area contributed by atoms with Gasteiger partial charge in [0.25, 0.3) is 0 Å². The number of hydrogen-bond donors (Lipinski definition) is 1. The second kappa shape index (κ2) is 11.5. The van der Waals surface area contributed by atoms with Crippen molar-refractivity contribution in [1.29, 1.82) is 0 Å². The molecule has 0 saturated carbocycles. The van der Waals surface area contributed by atoms with Crippen molar-refractivity contribution in [2.45, 2.75) is 33.4 Å².